The number of carbonyl (C=O) groups excluding carboxylic acids is 1. The van der Waals surface area contributed by atoms with Crippen molar-refractivity contribution >= 4 is 11.9 Å². The van der Waals surface area contributed by atoms with Crippen LogP contribution >= 0.6 is 0 Å². The standard InChI is InChI=1S/C12H15N5O/c13-12-15-10(16-17-12)11(18)14-8-4-7-9-5-2-1-3-6-9/h1-3,5-6H,4,7-8H2,(H,14,18)(H3,13,15,16,17). The number of aromatic amines is 1. The van der Waals surface area contributed by atoms with Gasteiger partial charge in [-0.15, -0.1) is 5.10 Å². The van der Waals surface area contributed by atoms with E-state index in [0.717, 1.165) is 12.8 Å². The molecule has 1 aromatic heterocycles. The summed E-state index contributed by atoms with van der Waals surface area (Å²) in [6.45, 7) is 0.592. The second-order valence-electron chi connectivity index (χ2n) is 3.89. The lowest BCUT2D eigenvalue weighted by Gasteiger charge is -2.03. The highest BCUT2D eigenvalue weighted by Gasteiger charge is 2.09. The number of hydrogen-bond donors (Lipinski definition) is 3. The molecule has 2 aromatic rings. The van der Waals surface area contributed by atoms with Crippen LogP contribution in [0.15, 0.2) is 30.3 Å². The van der Waals surface area contributed by atoms with E-state index in [0.29, 0.717) is 6.54 Å². The molecule has 0 saturated heterocycles. The number of nitrogen functional groups attached to an aromatic ring is 1. The van der Waals surface area contributed by atoms with E-state index in [4.69, 9.17) is 5.73 Å². The molecule has 4 N–H and O–H groups in total. The summed E-state index contributed by atoms with van der Waals surface area (Å²) in [5.41, 5.74) is 6.57. The van der Waals surface area contributed by atoms with Crippen LogP contribution in [0.1, 0.15) is 22.6 Å². The van der Waals surface area contributed by atoms with E-state index in [1.165, 1.54) is 5.56 Å². The third-order valence-corrected chi connectivity index (χ3v) is 2.49. The maximum atomic E-state index is 11.6. The zero-order chi connectivity index (χ0) is 12.8. The summed E-state index contributed by atoms with van der Waals surface area (Å²) in [5.74, 6) is -0.0658. The van der Waals surface area contributed by atoms with Crippen LogP contribution in [0.3, 0.4) is 0 Å². The highest BCUT2D eigenvalue weighted by Crippen LogP contribution is 2.01. The van der Waals surface area contributed by atoms with Gasteiger partial charge >= 0.3 is 0 Å². The van der Waals surface area contributed by atoms with E-state index in [2.05, 4.69) is 32.6 Å². The number of hydrogen-bond acceptors (Lipinski definition) is 4. The molecule has 0 fully saturated rings. The van der Waals surface area contributed by atoms with Gasteiger partial charge in [-0.2, -0.15) is 4.98 Å². The van der Waals surface area contributed by atoms with Gasteiger partial charge in [0.25, 0.3) is 5.91 Å². The smallest absolute Gasteiger partial charge is 0.288 e. The Hall–Kier alpha value is -2.37. The summed E-state index contributed by atoms with van der Waals surface area (Å²) in [4.78, 5) is 15.3. The molecule has 18 heavy (non-hydrogen) atoms. The van der Waals surface area contributed by atoms with Crippen molar-refractivity contribution in [3.63, 3.8) is 0 Å². The highest BCUT2D eigenvalue weighted by molar-refractivity contribution is 5.90. The van der Waals surface area contributed by atoms with Gasteiger partial charge in [0.1, 0.15) is 0 Å². The highest BCUT2D eigenvalue weighted by atomic mass is 16.2. The lowest BCUT2D eigenvalue weighted by atomic mass is 10.1. The summed E-state index contributed by atoms with van der Waals surface area (Å²) >= 11 is 0. The number of benzene rings is 1. The first-order chi connectivity index (χ1) is 8.75. The average Bonchev–Trinajstić information content (AvgIpc) is 2.82. The second-order valence-corrected chi connectivity index (χ2v) is 3.89. The number of nitrogens with two attached hydrogens (primary N) is 1. The van der Waals surface area contributed by atoms with Crippen LogP contribution in [0.25, 0.3) is 0 Å². The number of nitrogens with one attached hydrogen (secondary N) is 2. The molecule has 1 amide bonds. The second kappa shape index (κ2) is 5.81. The molecule has 6 heteroatoms. The Morgan fingerprint density at radius 2 is 2.11 bits per heavy atom. The van der Waals surface area contributed by atoms with Crippen LogP contribution in [0.4, 0.5) is 5.95 Å². The molecule has 0 aliphatic carbocycles. The van der Waals surface area contributed by atoms with Crippen LogP contribution in [-0.4, -0.2) is 27.6 Å². The maximum Gasteiger partial charge on any atom is 0.288 e. The number of carbonyl (C=O) groups is 1. The van der Waals surface area contributed by atoms with Gasteiger partial charge in [-0.25, -0.2) is 0 Å². The number of amides is 1. The number of aryl methyl sites for hydroxylation is 1. The van der Waals surface area contributed by atoms with Gasteiger partial charge in [-0.05, 0) is 18.4 Å². The van der Waals surface area contributed by atoms with Gasteiger partial charge in [-0.3, -0.25) is 9.89 Å². The van der Waals surface area contributed by atoms with E-state index in [1.54, 1.807) is 0 Å². The lowest BCUT2D eigenvalue weighted by Crippen LogP contribution is -2.25. The molecule has 0 unspecified atom stereocenters. The van der Waals surface area contributed by atoms with Gasteiger partial charge in [-0.1, -0.05) is 30.3 Å². The molecule has 0 aliphatic rings. The zero-order valence-corrected chi connectivity index (χ0v) is 9.89. The Balaban J connectivity index is 1.71. The first kappa shape index (κ1) is 12.1. The third-order valence-electron chi connectivity index (χ3n) is 2.49. The number of anilines is 1. The van der Waals surface area contributed by atoms with Crippen molar-refractivity contribution in [2.45, 2.75) is 12.8 Å². The molecule has 1 heterocycles. The average molecular weight is 245 g/mol. The third kappa shape index (κ3) is 3.31. The zero-order valence-electron chi connectivity index (χ0n) is 9.89. The van der Waals surface area contributed by atoms with Gasteiger partial charge in [0.05, 0.1) is 0 Å². The summed E-state index contributed by atoms with van der Waals surface area (Å²) in [6, 6.07) is 10.1. The molecule has 94 valence electrons. The van der Waals surface area contributed by atoms with Crippen molar-refractivity contribution in [2.75, 3.05) is 12.3 Å². The van der Waals surface area contributed by atoms with Crippen molar-refractivity contribution < 1.29 is 4.79 Å². The van der Waals surface area contributed by atoms with Crippen LogP contribution in [0, 0.1) is 0 Å². The Kier molecular flexibility index (Phi) is 3.90. The van der Waals surface area contributed by atoms with Crippen LogP contribution in [0.2, 0.25) is 0 Å². The van der Waals surface area contributed by atoms with E-state index in [-0.39, 0.29) is 17.7 Å². The van der Waals surface area contributed by atoms with Crippen LogP contribution in [0.5, 0.6) is 0 Å². The minimum absolute atomic E-state index is 0.0736. The van der Waals surface area contributed by atoms with Crippen LogP contribution < -0.4 is 11.1 Å². The molecule has 2 rings (SSSR count). The molecule has 0 spiro atoms. The van der Waals surface area contributed by atoms with Gasteiger partial charge in [0.2, 0.25) is 11.8 Å². The van der Waals surface area contributed by atoms with Crippen molar-refractivity contribution in [3.05, 3.63) is 41.7 Å². The Morgan fingerprint density at radius 1 is 1.33 bits per heavy atom. The molecule has 0 saturated carbocycles. The predicted molar refractivity (Wildman–Crippen MR) is 67.9 cm³/mol. The number of rotatable bonds is 5. The van der Waals surface area contributed by atoms with Crippen molar-refractivity contribution in [1.29, 1.82) is 0 Å². The largest absolute Gasteiger partial charge is 0.366 e. The SMILES string of the molecule is Nc1n[nH]c(C(=O)NCCCc2ccccc2)n1. The number of aromatic nitrogens is 3. The van der Waals surface area contributed by atoms with E-state index >= 15 is 0 Å². The molecule has 6 nitrogen and oxygen atoms in total. The Morgan fingerprint density at radius 3 is 2.78 bits per heavy atom. The van der Waals surface area contributed by atoms with Crippen molar-refractivity contribution in [3.8, 4) is 0 Å². The lowest BCUT2D eigenvalue weighted by molar-refractivity contribution is 0.0943. The van der Waals surface area contributed by atoms with E-state index < -0.39 is 0 Å². The monoisotopic (exact) mass is 245 g/mol. The molecule has 0 radical (unpaired) electrons. The Labute approximate surface area is 105 Å². The topological polar surface area (TPSA) is 96.7 Å². The Bertz CT molecular complexity index is 508. The molecule has 1 aromatic carbocycles. The number of nitrogens with zero attached hydrogens (tertiary/aromatic N) is 2. The van der Waals surface area contributed by atoms with Gasteiger partial charge in [0, 0.05) is 6.54 Å². The molecule has 0 aliphatic heterocycles. The quantitative estimate of drug-likeness (QED) is 0.677. The fraction of sp³-hybridized carbons (Fsp3) is 0.250. The summed E-state index contributed by atoms with van der Waals surface area (Å²) < 4.78 is 0. The minimum atomic E-state index is -0.285. The van der Waals surface area contributed by atoms with E-state index in [1.807, 2.05) is 18.2 Å². The van der Waals surface area contributed by atoms with Crippen LogP contribution in [-0.2, 0) is 6.42 Å². The molecule has 0 bridgehead atoms. The predicted octanol–water partition coefficient (Wildman–Crippen LogP) is 0.749. The molecular weight excluding hydrogens is 230 g/mol. The number of H-pyrrole nitrogens is 1. The van der Waals surface area contributed by atoms with Gasteiger partial charge in [0.15, 0.2) is 0 Å². The van der Waals surface area contributed by atoms with Crippen molar-refractivity contribution in [1.82, 2.24) is 20.5 Å². The maximum absolute atomic E-state index is 11.6. The van der Waals surface area contributed by atoms with E-state index in [9.17, 15) is 4.79 Å². The minimum Gasteiger partial charge on any atom is -0.366 e. The summed E-state index contributed by atoms with van der Waals surface area (Å²) in [5, 5.41) is 8.81. The molecular formula is C12H15N5O. The van der Waals surface area contributed by atoms with Crippen molar-refractivity contribution in [2.24, 2.45) is 0 Å². The van der Waals surface area contributed by atoms with Gasteiger partial charge < -0.3 is 11.1 Å². The summed E-state index contributed by atoms with van der Waals surface area (Å²) in [6.07, 6.45) is 1.80. The fourth-order valence-corrected chi connectivity index (χ4v) is 1.60. The molecule has 0 atom stereocenters. The first-order valence-electron chi connectivity index (χ1n) is 5.76. The normalized spacial score (nSPS) is 10.2. The first-order valence-corrected chi connectivity index (χ1v) is 5.76. The summed E-state index contributed by atoms with van der Waals surface area (Å²) in [7, 11) is 0. The fourth-order valence-electron chi connectivity index (χ4n) is 1.60.